The number of rotatable bonds is 8. The Morgan fingerprint density at radius 3 is 2.10 bits per heavy atom. The highest BCUT2D eigenvalue weighted by atomic mass is 32.2. The second-order valence-corrected chi connectivity index (χ2v) is 11.9. The molecule has 2 heterocycles. The molecule has 0 aromatic heterocycles. The maximum Gasteiger partial charge on any atom is 0.243 e. The molecule has 0 bridgehead atoms. The van der Waals surface area contributed by atoms with Crippen molar-refractivity contribution in [3.8, 4) is 0 Å². The number of piperidine rings is 1. The van der Waals surface area contributed by atoms with Gasteiger partial charge in [0.2, 0.25) is 20.0 Å². The van der Waals surface area contributed by atoms with Gasteiger partial charge in [-0.2, -0.15) is 4.31 Å². The third-order valence-corrected chi connectivity index (χ3v) is 8.92. The molecule has 170 valence electrons. The van der Waals surface area contributed by atoms with Crippen molar-refractivity contribution in [1.82, 2.24) is 13.9 Å². The maximum absolute atomic E-state index is 12.7. The van der Waals surface area contributed by atoms with E-state index in [1.165, 1.54) is 28.6 Å². The summed E-state index contributed by atoms with van der Waals surface area (Å²) in [5, 5.41) is 0. The first-order valence-electron chi connectivity index (χ1n) is 10.7. The Morgan fingerprint density at radius 2 is 1.50 bits per heavy atom. The largest absolute Gasteiger partial charge is 0.373 e. The van der Waals surface area contributed by atoms with Crippen molar-refractivity contribution in [3.63, 3.8) is 0 Å². The Labute approximate surface area is 180 Å². The van der Waals surface area contributed by atoms with Crippen molar-refractivity contribution in [2.45, 2.75) is 61.5 Å². The predicted molar refractivity (Wildman–Crippen MR) is 115 cm³/mol. The standard InChI is InChI=1S/C20H33N3O5S2/c1-17-15-22(16-18(2)28-17)12-6-11-21-29(24,25)19-7-9-20(10-8-19)30(26,27)23-13-4-3-5-14-23/h7-10,17-18,21H,3-6,11-16H2,1-2H3. The summed E-state index contributed by atoms with van der Waals surface area (Å²) in [6.07, 6.45) is 3.82. The van der Waals surface area contributed by atoms with E-state index < -0.39 is 20.0 Å². The molecule has 0 aliphatic carbocycles. The van der Waals surface area contributed by atoms with Crippen LogP contribution >= 0.6 is 0 Å². The number of sulfonamides is 2. The lowest BCUT2D eigenvalue weighted by Crippen LogP contribution is -2.46. The molecule has 2 aliphatic rings. The molecule has 2 saturated heterocycles. The normalized spacial score (nSPS) is 24.7. The summed E-state index contributed by atoms with van der Waals surface area (Å²) < 4.78 is 60.3. The number of hydrogen-bond acceptors (Lipinski definition) is 6. The zero-order valence-corrected chi connectivity index (χ0v) is 19.4. The van der Waals surface area contributed by atoms with Gasteiger partial charge in [0.15, 0.2) is 0 Å². The van der Waals surface area contributed by atoms with E-state index in [0.29, 0.717) is 26.1 Å². The van der Waals surface area contributed by atoms with E-state index in [9.17, 15) is 16.8 Å². The molecular formula is C20H33N3O5S2. The number of nitrogens with zero attached hydrogens (tertiary/aromatic N) is 2. The van der Waals surface area contributed by atoms with Crippen molar-refractivity contribution in [3.05, 3.63) is 24.3 Å². The van der Waals surface area contributed by atoms with Crippen LogP contribution in [-0.2, 0) is 24.8 Å². The van der Waals surface area contributed by atoms with Gasteiger partial charge in [-0.1, -0.05) is 6.42 Å². The molecule has 0 amide bonds. The molecule has 1 aromatic rings. The third kappa shape index (κ3) is 6.02. The third-order valence-electron chi connectivity index (χ3n) is 5.53. The van der Waals surface area contributed by atoms with Crippen molar-refractivity contribution < 1.29 is 21.6 Å². The first-order chi connectivity index (χ1) is 14.2. The van der Waals surface area contributed by atoms with Crippen LogP contribution in [0.1, 0.15) is 39.5 Å². The van der Waals surface area contributed by atoms with Crippen molar-refractivity contribution in [2.24, 2.45) is 0 Å². The van der Waals surface area contributed by atoms with E-state index in [2.05, 4.69) is 9.62 Å². The van der Waals surface area contributed by atoms with Gasteiger partial charge in [0, 0.05) is 32.7 Å². The average molecular weight is 460 g/mol. The first-order valence-corrected chi connectivity index (χ1v) is 13.6. The summed E-state index contributed by atoms with van der Waals surface area (Å²) >= 11 is 0. The van der Waals surface area contributed by atoms with E-state index >= 15 is 0 Å². The number of benzene rings is 1. The lowest BCUT2D eigenvalue weighted by atomic mass is 10.2. The summed E-state index contributed by atoms with van der Waals surface area (Å²) in [6, 6.07) is 5.50. The predicted octanol–water partition coefficient (Wildman–Crippen LogP) is 1.64. The van der Waals surface area contributed by atoms with Gasteiger partial charge in [0.25, 0.3) is 0 Å². The summed E-state index contributed by atoms with van der Waals surface area (Å²) in [7, 11) is -7.24. The van der Waals surface area contributed by atoms with Crippen LogP contribution in [0.3, 0.4) is 0 Å². The quantitative estimate of drug-likeness (QED) is 0.594. The Bertz CT molecular complexity index is 887. The van der Waals surface area contributed by atoms with Crippen molar-refractivity contribution in [2.75, 3.05) is 39.3 Å². The zero-order chi connectivity index (χ0) is 21.8. The second kappa shape index (κ2) is 10.1. The molecule has 2 aliphatic heterocycles. The van der Waals surface area contributed by atoms with Crippen LogP contribution in [0.2, 0.25) is 0 Å². The molecule has 1 N–H and O–H groups in total. The molecule has 8 nitrogen and oxygen atoms in total. The Hall–Kier alpha value is -1.04. The van der Waals surface area contributed by atoms with Crippen LogP contribution in [0.5, 0.6) is 0 Å². The smallest absolute Gasteiger partial charge is 0.243 e. The summed E-state index contributed by atoms with van der Waals surface area (Å²) in [6.45, 7) is 7.95. The van der Waals surface area contributed by atoms with Gasteiger partial charge in [0.05, 0.1) is 22.0 Å². The van der Waals surface area contributed by atoms with Gasteiger partial charge in [0.1, 0.15) is 0 Å². The van der Waals surface area contributed by atoms with E-state index in [0.717, 1.165) is 38.9 Å². The zero-order valence-electron chi connectivity index (χ0n) is 17.8. The van der Waals surface area contributed by atoms with Crippen LogP contribution < -0.4 is 4.72 Å². The van der Waals surface area contributed by atoms with E-state index in [1.807, 2.05) is 13.8 Å². The summed E-state index contributed by atoms with van der Waals surface area (Å²) in [5.74, 6) is 0. The topological polar surface area (TPSA) is 96.0 Å². The van der Waals surface area contributed by atoms with Gasteiger partial charge in [-0.25, -0.2) is 21.6 Å². The molecule has 2 atom stereocenters. The highest BCUT2D eigenvalue weighted by Crippen LogP contribution is 2.22. The molecule has 2 unspecified atom stereocenters. The van der Waals surface area contributed by atoms with E-state index in [4.69, 9.17) is 4.74 Å². The first kappa shape index (κ1) is 23.6. The molecule has 0 saturated carbocycles. The van der Waals surface area contributed by atoms with Gasteiger partial charge < -0.3 is 4.74 Å². The fourth-order valence-corrected chi connectivity index (χ4v) is 6.70. The molecule has 0 radical (unpaired) electrons. The van der Waals surface area contributed by atoms with Crippen LogP contribution in [0.15, 0.2) is 34.1 Å². The fraction of sp³-hybridized carbons (Fsp3) is 0.700. The molecular weight excluding hydrogens is 426 g/mol. The van der Waals surface area contributed by atoms with Crippen LogP contribution in [0, 0.1) is 0 Å². The number of morpholine rings is 1. The van der Waals surface area contributed by atoms with Gasteiger partial charge in [-0.05, 0) is 63.9 Å². The van der Waals surface area contributed by atoms with Crippen molar-refractivity contribution >= 4 is 20.0 Å². The number of nitrogens with one attached hydrogen (secondary N) is 1. The lowest BCUT2D eigenvalue weighted by Gasteiger charge is -2.35. The SMILES string of the molecule is CC1CN(CCCNS(=O)(=O)c2ccc(S(=O)(=O)N3CCCCC3)cc2)CC(C)O1. The lowest BCUT2D eigenvalue weighted by molar-refractivity contribution is -0.0679. The van der Waals surface area contributed by atoms with Gasteiger partial charge >= 0.3 is 0 Å². The number of ether oxygens (including phenoxy) is 1. The Balaban J connectivity index is 1.53. The molecule has 0 spiro atoms. The van der Waals surface area contributed by atoms with E-state index in [1.54, 1.807) is 0 Å². The maximum atomic E-state index is 12.7. The second-order valence-electron chi connectivity index (χ2n) is 8.20. The summed E-state index contributed by atoms with van der Waals surface area (Å²) in [4.78, 5) is 2.50. The highest BCUT2D eigenvalue weighted by molar-refractivity contribution is 7.89. The minimum atomic E-state index is -3.67. The van der Waals surface area contributed by atoms with E-state index in [-0.39, 0.29) is 22.0 Å². The Kier molecular flexibility index (Phi) is 7.92. The average Bonchev–Trinajstić information content (AvgIpc) is 2.71. The van der Waals surface area contributed by atoms with Crippen LogP contribution in [-0.4, -0.2) is 77.5 Å². The summed E-state index contributed by atoms with van der Waals surface area (Å²) in [5.41, 5.74) is 0. The molecule has 3 rings (SSSR count). The minimum Gasteiger partial charge on any atom is -0.373 e. The molecule has 30 heavy (non-hydrogen) atoms. The monoisotopic (exact) mass is 459 g/mol. The minimum absolute atomic E-state index is 0.0775. The van der Waals surface area contributed by atoms with Crippen LogP contribution in [0.4, 0.5) is 0 Å². The number of hydrogen-bond donors (Lipinski definition) is 1. The van der Waals surface area contributed by atoms with Gasteiger partial charge in [-0.15, -0.1) is 0 Å². The van der Waals surface area contributed by atoms with Gasteiger partial charge in [-0.3, -0.25) is 4.90 Å². The fourth-order valence-electron chi connectivity index (χ4n) is 4.10. The highest BCUT2D eigenvalue weighted by Gasteiger charge is 2.26. The Morgan fingerprint density at radius 1 is 0.933 bits per heavy atom. The molecule has 1 aromatic carbocycles. The molecule has 2 fully saturated rings. The molecule has 10 heteroatoms. The van der Waals surface area contributed by atoms with Crippen molar-refractivity contribution in [1.29, 1.82) is 0 Å². The van der Waals surface area contributed by atoms with Crippen LogP contribution in [0.25, 0.3) is 0 Å².